The van der Waals surface area contributed by atoms with Gasteiger partial charge in [0.15, 0.2) is 0 Å². The summed E-state index contributed by atoms with van der Waals surface area (Å²) in [6.45, 7) is 2.07. The lowest BCUT2D eigenvalue weighted by atomic mass is 10.2. The molecule has 0 N–H and O–H groups in total. The second-order valence-electron chi connectivity index (χ2n) is 1.90. The van der Waals surface area contributed by atoms with Gasteiger partial charge in [-0.1, -0.05) is 17.7 Å². The molecule has 0 saturated carbocycles. The average molecular weight is 155 g/mol. The standard InChI is InChI=1S/C7H7S2/c1-6-2-4-7(9-8)5-3-6/h2-5H,1H3. The zero-order chi connectivity index (χ0) is 6.69. The summed E-state index contributed by atoms with van der Waals surface area (Å²) >= 11 is 4.78. The van der Waals surface area contributed by atoms with Crippen molar-refractivity contribution in [1.82, 2.24) is 0 Å². The molecule has 0 atom stereocenters. The van der Waals surface area contributed by atoms with E-state index in [1.54, 1.807) is 0 Å². The highest BCUT2D eigenvalue weighted by molar-refractivity contribution is 8.68. The molecule has 0 spiro atoms. The Hall–Kier alpha value is -0.0800. The minimum Gasteiger partial charge on any atom is -0.0582 e. The predicted molar refractivity (Wildman–Crippen MR) is 44.6 cm³/mol. The number of aryl methyl sites for hydroxylation is 1. The van der Waals surface area contributed by atoms with Gasteiger partial charge in [0.2, 0.25) is 0 Å². The Bertz CT molecular complexity index is 179. The van der Waals surface area contributed by atoms with E-state index in [9.17, 15) is 0 Å². The Morgan fingerprint density at radius 2 is 1.78 bits per heavy atom. The second-order valence-corrected chi connectivity index (χ2v) is 3.03. The van der Waals surface area contributed by atoms with Crippen molar-refractivity contribution in [3.8, 4) is 0 Å². The molecular weight excluding hydrogens is 148 g/mol. The molecule has 47 valence electrons. The van der Waals surface area contributed by atoms with E-state index in [1.807, 2.05) is 12.1 Å². The third-order valence-corrected chi connectivity index (χ3v) is 2.16. The minimum absolute atomic E-state index is 1.15. The van der Waals surface area contributed by atoms with Gasteiger partial charge in [0.05, 0.1) is 0 Å². The lowest BCUT2D eigenvalue weighted by Crippen LogP contribution is -1.68. The van der Waals surface area contributed by atoms with Crippen LogP contribution in [-0.4, -0.2) is 0 Å². The molecule has 1 aromatic carbocycles. The molecule has 0 aliphatic heterocycles. The van der Waals surface area contributed by atoms with E-state index in [-0.39, 0.29) is 0 Å². The maximum Gasteiger partial charge on any atom is 0.0191 e. The van der Waals surface area contributed by atoms with Gasteiger partial charge in [-0.15, -0.1) is 0 Å². The molecule has 1 radical (unpaired) electrons. The highest BCUT2D eigenvalue weighted by Crippen LogP contribution is 2.20. The van der Waals surface area contributed by atoms with Gasteiger partial charge in [-0.05, 0) is 41.5 Å². The van der Waals surface area contributed by atoms with E-state index < -0.39 is 0 Å². The molecule has 2 heteroatoms. The number of benzene rings is 1. The van der Waals surface area contributed by atoms with Gasteiger partial charge in [-0.2, -0.15) is 0 Å². The van der Waals surface area contributed by atoms with Crippen molar-refractivity contribution in [2.45, 2.75) is 11.8 Å². The Morgan fingerprint density at radius 3 is 2.22 bits per heavy atom. The summed E-state index contributed by atoms with van der Waals surface area (Å²) in [5.41, 5.74) is 1.28. The zero-order valence-electron chi connectivity index (χ0n) is 5.13. The maximum absolute atomic E-state index is 4.78. The van der Waals surface area contributed by atoms with Crippen LogP contribution in [0.1, 0.15) is 5.56 Å². The predicted octanol–water partition coefficient (Wildman–Crippen LogP) is 3.20. The van der Waals surface area contributed by atoms with Gasteiger partial charge >= 0.3 is 0 Å². The molecule has 0 heterocycles. The first-order valence-corrected chi connectivity index (χ1v) is 4.43. The molecule has 0 aliphatic carbocycles. The summed E-state index contributed by atoms with van der Waals surface area (Å²) in [4.78, 5) is 1.15. The van der Waals surface area contributed by atoms with Crippen LogP contribution in [0, 0.1) is 6.92 Å². The van der Waals surface area contributed by atoms with E-state index in [0.29, 0.717) is 0 Å². The SMILES string of the molecule is Cc1ccc(S[S])cc1. The summed E-state index contributed by atoms with van der Waals surface area (Å²) in [6, 6.07) is 8.20. The average Bonchev–Trinajstić information content (AvgIpc) is 1.90. The number of hydrogen-bond acceptors (Lipinski definition) is 1. The molecule has 1 rings (SSSR count). The summed E-state index contributed by atoms with van der Waals surface area (Å²) in [7, 11) is 1.36. The van der Waals surface area contributed by atoms with Crippen molar-refractivity contribution in [2.24, 2.45) is 0 Å². The molecule has 9 heavy (non-hydrogen) atoms. The van der Waals surface area contributed by atoms with E-state index in [1.165, 1.54) is 16.4 Å². The molecule has 0 aromatic heterocycles. The molecule has 0 aliphatic rings. The van der Waals surface area contributed by atoms with E-state index >= 15 is 0 Å². The van der Waals surface area contributed by atoms with Crippen molar-refractivity contribution < 1.29 is 0 Å². The zero-order valence-corrected chi connectivity index (χ0v) is 6.76. The first kappa shape index (κ1) is 7.03. The van der Waals surface area contributed by atoms with Gasteiger partial charge in [-0.25, -0.2) is 0 Å². The third kappa shape index (κ3) is 1.95. The molecule has 0 amide bonds. The van der Waals surface area contributed by atoms with Gasteiger partial charge in [-0.3, -0.25) is 0 Å². The Morgan fingerprint density at radius 1 is 1.22 bits per heavy atom. The largest absolute Gasteiger partial charge is 0.0582 e. The molecule has 0 nitrogen and oxygen atoms in total. The number of rotatable bonds is 1. The van der Waals surface area contributed by atoms with Crippen molar-refractivity contribution in [2.75, 3.05) is 0 Å². The van der Waals surface area contributed by atoms with Crippen LogP contribution in [0.5, 0.6) is 0 Å². The van der Waals surface area contributed by atoms with Crippen molar-refractivity contribution in [3.63, 3.8) is 0 Å². The molecule has 0 fully saturated rings. The van der Waals surface area contributed by atoms with Gasteiger partial charge in [0.25, 0.3) is 0 Å². The van der Waals surface area contributed by atoms with Gasteiger partial charge in [0.1, 0.15) is 0 Å². The van der Waals surface area contributed by atoms with Crippen LogP contribution in [0.15, 0.2) is 29.2 Å². The molecular formula is C7H7S2. The lowest BCUT2D eigenvalue weighted by molar-refractivity contribution is 1.38. The maximum atomic E-state index is 4.78. The smallest absolute Gasteiger partial charge is 0.0191 e. The van der Waals surface area contributed by atoms with Crippen molar-refractivity contribution >= 4 is 22.5 Å². The third-order valence-electron chi connectivity index (χ3n) is 1.12. The fourth-order valence-electron chi connectivity index (χ4n) is 0.594. The van der Waals surface area contributed by atoms with Crippen LogP contribution in [0.2, 0.25) is 0 Å². The summed E-state index contributed by atoms with van der Waals surface area (Å²) < 4.78 is 0. The summed E-state index contributed by atoms with van der Waals surface area (Å²) in [6.07, 6.45) is 0. The normalized spacial score (nSPS) is 9.56. The van der Waals surface area contributed by atoms with Crippen LogP contribution in [0.25, 0.3) is 0 Å². The van der Waals surface area contributed by atoms with Crippen LogP contribution < -0.4 is 0 Å². The van der Waals surface area contributed by atoms with Gasteiger partial charge in [0, 0.05) is 4.90 Å². The van der Waals surface area contributed by atoms with Crippen molar-refractivity contribution in [3.05, 3.63) is 29.8 Å². The monoisotopic (exact) mass is 155 g/mol. The second kappa shape index (κ2) is 3.18. The first-order valence-electron chi connectivity index (χ1n) is 2.69. The molecule has 1 aromatic rings. The van der Waals surface area contributed by atoms with E-state index in [0.717, 1.165) is 4.90 Å². The fraction of sp³-hybridized carbons (Fsp3) is 0.143. The van der Waals surface area contributed by atoms with Crippen LogP contribution in [-0.2, 0) is 0 Å². The highest BCUT2D eigenvalue weighted by Gasteiger charge is 1.86. The first-order chi connectivity index (χ1) is 4.33. The highest BCUT2D eigenvalue weighted by atomic mass is 33.1. The van der Waals surface area contributed by atoms with E-state index in [2.05, 4.69) is 19.1 Å². The lowest BCUT2D eigenvalue weighted by Gasteiger charge is -1.92. The quantitative estimate of drug-likeness (QED) is 0.561. The van der Waals surface area contributed by atoms with Crippen LogP contribution in [0.4, 0.5) is 0 Å². The Kier molecular flexibility index (Phi) is 2.49. The number of hydrogen-bond donors (Lipinski definition) is 0. The van der Waals surface area contributed by atoms with Crippen LogP contribution >= 0.6 is 22.5 Å². The molecule has 0 saturated heterocycles. The Labute approximate surface area is 64.5 Å². The topological polar surface area (TPSA) is 0 Å². The van der Waals surface area contributed by atoms with Crippen molar-refractivity contribution in [1.29, 1.82) is 0 Å². The molecule has 0 unspecified atom stereocenters. The minimum atomic E-state index is 1.15. The summed E-state index contributed by atoms with van der Waals surface area (Å²) in [5.74, 6) is 0. The summed E-state index contributed by atoms with van der Waals surface area (Å²) in [5, 5.41) is 0. The molecule has 0 bridgehead atoms. The van der Waals surface area contributed by atoms with Crippen LogP contribution in [0.3, 0.4) is 0 Å². The fourth-order valence-corrected chi connectivity index (χ4v) is 1.17. The van der Waals surface area contributed by atoms with Gasteiger partial charge < -0.3 is 0 Å². The van der Waals surface area contributed by atoms with E-state index in [4.69, 9.17) is 11.7 Å². The Balaban J connectivity index is 2.88.